The second kappa shape index (κ2) is 5.53. The highest BCUT2D eigenvalue weighted by molar-refractivity contribution is 5.73. The highest BCUT2D eigenvalue weighted by Crippen LogP contribution is 2.20. The van der Waals surface area contributed by atoms with Crippen LogP contribution in [-0.2, 0) is 14.4 Å². The quantitative estimate of drug-likeness (QED) is 0.326. The van der Waals surface area contributed by atoms with Crippen molar-refractivity contribution in [3.05, 3.63) is 0 Å². The summed E-state index contributed by atoms with van der Waals surface area (Å²) in [7, 11) is 0. The smallest absolute Gasteiger partial charge is 0.217 e. The first-order chi connectivity index (χ1) is 7.51. The lowest BCUT2D eigenvalue weighted by Crippen LogP contribution is -2.65. The lowest BCUT2D eigenvalue weighted by atomic mass is 9.97. The van der Waals surface area contributed by atoms with Gasteiger partial charge in [-0.05, 0) is 0 Å². The molecule has 0 aromatic heterocycles. The zero-order valence-electron chi connectivity index (χ0n) is 8.74. The van der Waals surface area contributed by atoms with Crippen LogP contribution in [0.5, 0.6) is 0 Å². The van der Waals surface area contributed by atoms with Crippen molar-refractivity contribution in [1.29, 1.82) is 0 Å². The third-order valence-corrected chi connectivity index (χ3v) is 2.38. The fourth-order valence-electron chi connectivity index (χ4n) is 1.59. The molecular formula is C8H16N2O6. The average Bonchev–Trinajstić information content (AvgIpc) is 2.25. The molecule has 0 spiro atoms. The summed E-state index contributed by atoms with van der Waals surface area (Å²) in [5, 5.41) is 30.5. The molecule has 1 heterocycles. The van der Waals surface area contributed by atoms with Gasteiger partial charge in [0.2, 0.25) is 5.91 Å². The van der Waals surface area contributed by atoms with Crippen molar-refractivity contribution >= 4 is 5.91 Å². The normalized spacial score (nSPS) is 39.4. The standard InChI is InChI=1S/C8H16N2O6/c1-3(12)10-5-7(14)6(13)4(2-11)15-8(5)16-9/h4-8,11,13-14H,2,9H2,1H3,(H,10,12)/t4-,5-,6-,7-,8?/m1/s1. The molecule has 5 atom stereocenters. The first kappa shape index (κ1) is 13.3. The van der Waals surface area contributed by atoms with E-state index in [4.69, 9.17) is 15.7 Å². The largest absolute Gasteiger partial charge is 0.394 e. The molecule has 1 aliphatic heterocycles. The minimum absolute atomic E-state index is 0.427. The molecule has 1 rings (SSSR count). The van der Waals surface area contributed by atoms with Crippen LogP contribution in [-0.4, -0.2) is 58.5 Å². The van der Waals surface area contributed by atoms with Crippen molar-refractivity contribution in [2.75, 3.05) is 6.61 Å². The van der Waals surface area contributed by atoms with E-state index in [0.29, 0.717) is 0 Å². The summed E-state index contributed by atoms with van der Waals surface area (Å²) in [5.74, 6) is 4.52. The highest BCUT2D eigenvalue weighted by atomic mass is 16.8. The number of carbonyl (C=O) groups is 1. The third kappa shape index (κ3) is 2.67. The van der Waals surface area contributed by atoms with Gasteiger partial charge >= 0.3 is 0 Å². The zero-order chi connectivity index (χ0) is 12.3. The second-order valence-electron chi connectivity index (χ2n) is 3.57. The van der Waals surface area contributed by atoms with Crippen LogP contribution in [0.4, 0.5) is 0 Å². The number of aliphatic hydroxyl groups is 3. The molecule has 8 nitrogen and oxygen atoms in total. The van der Waals surface area contributed by atoms with E-state index in [9.17, 15) is 15.0 Å². The van der Waals surface area contributed by atoms with Crippen LogP contribution in [0.1, 0.15) is 6.92 Å². The Bertz CT molecular complexity index is 249. The second-order valence-corrected chi connectivity index (χ2v) is 3.57. The fourth-order valence-corrected chi connectivity index (χ4v) is 1.59. The van der Waals surface area contributed by atoms with Crippen LogP contribution < -0.4 is 11.2 Å². The molecule has 1 unspecified atom stereocenters. The van der Waals surface area contributed by atoms with Crippen molar-refractivity contribution in [3.63, 3.8) is 0 Å². The molecule has 16 heavy (non-hydrogen) atoms. The molecule has 0 aliphatic carbocycles. The van der Waals surface area contributed by atoms with E-state index in [1.807, 2.05) is 0 Å². The molecule has 1 aliphatic rings. The Morgan fingerprint density at radius 3 is 2.56 bits per heavy atom. The van der Waals surface area contributed by atoms with Crippen LogP contribution in [0.3, 0.4) is 0 Å². The molecule has 0 radical (unpaired) electrons. The van der Waals surface area contributed by atoms with E-state index in [-0.39, 0.29) is 0 Å². The molecule has 0 bridgehead atoms. The van der Waals surface area contributed by atoms with Crippen molar-refractivity contribution in [1.82, 2.24) is 5.32 Å². The summed E-state index contributed by atoms with van der Waals surface area (Å²) in [5.41, 5.74) is 0. The molecular weight excluding hydrogens is 220 g/mol. The summed E-state index contributed by atoms with van der Waals surface area (Å²) in [6, 6.07) is -0.986. The zero-order valence-corrected chi connectivity index (χ0v) is 8.74. The number of nitrogens with two attached hydrogens (primary N) is 1. The highest BCUT2D eigenvalue weighted by Gasteiger charge is 2.45. The van der Waals surface area contributed by atoms with Gasteiger partial charge in [-0.25, -0.2) is 5.90 Å². The summed E-state index contributed by atoms with van der Waals surface area (Å²) in [6.45, 7) is 0.746. The Hall–Kier alpha value is -0.770. The third-order valence-electron chi connectivity index (χ3n) is 2.38. The Morgan fingerprint density at radius 1 is 1.50 bits per heavy atom. The van der Waals surface area contributed by atoms with Gasteiger partial charge in [0, 0.05) is 6.92 Å². The van der Waals surface area contributed by atoms with Crippen LogP contribution in [0.15, 0.2) is 0 Å². The number of hydrogen-bond donors (Lipinski definition) is 5. The molecule has 1 saturated heterocycles. The van der Waals surface area contributed by atoms with Gasteiger partial charge in [-0.2, -0.15) is 0 Å². The van der Waals surface area contributed by atoms with Gasteiger partial charge in [0.25, 0.3) is 0 Å². The average molecular weight is 236 g/mol. The summed E-state index contributed by atoms with van der Waals surface area (Å²) >= 11 is 0. The molecule has 8 heteroatoms. The maximum absolute atomic E-state index is 10.9. The van der Waals surface area contributed by atoms with Gasteiger partial charge in [-0.1, -0.05) is 0 Å². The van der Waals surface area contributed by atoms with Gasteiger partial charge < -0.3 is 25.4 Å². The Labute approximate surface area is 91.9 Å². The number of ether oxygens (including phenoxy) is 1. The van der Waals surface area contributed by atoms with Crippen molar-refractivity contribution in [2.24, 2.45) is 5.90 Å². The van der Waals surface area contributed by atoms with E-state index in [2.05, 4.69) is 10.2 Å². The Balaban J connectivity index is 2.77. The van der Waals surface area contributed by atoms with Gasteiger partial charge in [-0.3, -0.25) is 9.63 Å². The van der Waals surface area contributed by atoms with Gasteiger partial charge in [0.15, 0.2) is 6.29 Å². The van der Waals surface area contributed by atoms with E-state index in [1.165, 1.54) is 6.92 Å². The van der Waals surface area contributed by atoms with Gasteiger partial charge in [0.05, 0.1) is 6.61 Å². The molecule has 0 saturated carbocycles. The minimum Gasteiger partial charge on any atom is -0.394 e. The van der Waals surface area contributed by atoms with E-state index in [1.54, 1.807) is 0 Å². The predicted molar refractivity (Wildman–Crippen MR) is 50.6 cm³/mol. The number of amides is 1. The van der Waals surface area contributed by atoms with Gasteiger partial charge in [0.1, 0.15) is 24.4 Å². The Kier molecular flexibility index (Phi) is 4.59. The van der Waals surface area contributed by atoms with E-state index < -0.39 is 43.2 Å². The van der Waals surface area contributed by atoms with Crippen molar-refractivity contribution in [3.8, 4) is 0 Å². The summed E-state index contributed by atoms with van der Waals surface area (Å²) < 4.78 is 5.06. The van der Waals surface area contributed by atoms with Crippen LogP contribution >= 0.6 is 0 Å². The first-order valence-corrected chi connectivity index (χ1v) is 4.76. The molecule has 6 N–H and O–H groups in total. The number of aliphatic hydroxyl groups excluding tert-OH is 3. The van der Waals surface area contributed by atoms with E-state index >= 15 is 0 Å². The monoisotopic (exact) mass is 236 g/mol. The molecule has 1 amide bonds. The number of hydrogen-bond acceptors (Lipinski definition) is 7. The number of nitrogens with one attached hydrogen (secondary N) is 1. The molecule has 94 valence electrons. The van der Waals surface area contributed by atoms with Crippen molar-refractivity contribution < 1.29 is 29.7 Å². The van der Waals surface area contributed by atoms with Crippen LogP contribution in [0, 0.1) is 0 Å². The maximum Gasteiger partial charge on any atom is 0.217 e. The summed E-state index contributed by atoms with van der Waals surface area (Å²) in [6.07, 6.45) is -4.79. The minimum atomic E-state index is -1.33. The number of rotatable bonds is 3. The lowest BCUT2D eigenvalue weighted by Gasteiger charge is -2.41. The van der Waals surface area contributed by atoms with Crippen LogP contribution in [0.25, 0.3) is 0 Å². The van der Waals surface area contributed by atoms with Gasteiger partial charge in [-0.15, -0.1) is 0 Å². The van der Waals surface area contributed by atoms with E-state index in [0.717, 1.165) is 0 Å². The maximum atomic E-state index is 10.9. The Morgan fingerprint density at radius 2 is 2.12 bits per heavy atom. The SMILES string of the molecule is CC(=O)N[C@H]1C(ON)O[C@H](CO)[C@@H](O)[C@@H]1O. The lowest BCUT2D eigenvalue weighted by molar-refractivity contribution is -0.271. The number of carbonyl (C=O) groups excluding carboxylic acids is 1. The molecule has 1 fully saturated rings. The summed E-state index contributed by atoms with van der Waals surface area (Å²) in [4.78, 5) is 15.3. The first-order valence-electron chi connectivity index (χ1n) is 4.76. The predicted octanol–water partition coefficient (Wildman–Crippen LogP) is -3.18. The van der Waals surface area contributed by atoms with Crippen molar-refractivity contribution in [2.45, 2.75) is 37.6 Å². The topological polar surface area (TPSA) is 134 Å². The molecule has 0 aromatic carbocycles. The fraction of sp³-hybridized carbons (Fsp3) is 0.875. The van der Waals surface area contributed by atoms with Crippen LogP contribution in [0.2, 0.25) is 0 Å². The molecule has 0 aromatic rings.